The first-order valence-corrected chi connectivity index (χ1v) is 10.9. The van der Waals surface area contributed by atoms with E-state index in [1.54, 1.807) is 4.90 Å². The average molecular weight is 492 g/mol. The van der Waals surface area contributed by atoms with E-state index < -0.39 is 35.7 Å². The summed E-state index contributed by atoms with van der Waals surface area (Å²) in [6.07, 6.45) is -4.82. The number of nitrogen functional groups attached to an aromatic ring is 1. The Morgan fingerprint density at radius 2 is 1.38 bits per heavy atom. The maximum Gasteiger partial charge on any atom is 0.416 e. The van der Waals surface area contributed by atoms with E-state index in [4.69, 9.17) is 5.73 Å². The Bertz CT molecular complexity index is 981. The van der Waals surface area contributed by atoms with Gasteiger partial charge in [0.1, 0.15) is 5.69 Å². The minimum atomic E-state index is -4.62. The second-order valence-corrected chi connectivity index (χ2v) is 8.83. The molecule has 0 spiro atoms. The molecule has 2 aromatic rings. The standard InChI is InChI=1S/C21H23F7N6/c22-19(23)6-1-13(2-7-19)34(14-3-8-20(24,25)9-4-14)18-32-16(31-17(29)33-18)15-11-12(5-10-30-15)21(26,27)28/h5,10-11,13-14H,1-4,6-9H2,(H2,29,31,32,33). The smallest absolute Gasteiger partial charge is 0.368 e. The van der Waals surface area contributed by atoms with E-state index in [0.717, 1.165) is 18.3 Å². The van der Waals surface area contributed by atoms with Gasteiger partial charge in [-0.1, -0.05) is 0 Å². The lowest BCUT2D eigenvalue weighted by Crippen LogP contribution is -2.50. The first-order valence-electron chi connectivity index (χ1n) is 10.9. The van der Waals surface area contributed by atoms with Gasteiger partial charge in [0, 0.05) is 44.0 Å². The molecule has 0 saturated heterocycles. The third-order valence-corrected chi connectivity index (χ3v) is 6.35. The van der Waals surface area contributed by atoms with Crippen molar-refractivity contribution in [2.24, 2.45) is 0 Å². The topological polar surface area (TPSA) is 80.8 Å². The molecule has 2 N–H and O–H groups in total. The van der Waals surface area contributed by atoms with Gasteiger partial charge in [-0.15, -0.1) is 0 Å². The van der Waals surface area contributed by atoms with Gasteiger partial charge in [-0.2, -0.15) is 28.1 Å². The molecule has 2 heterocycles. The molecule has 13 heteroatoms. The van der Waals surface area contributed by atoms with E-state index in [1.165, 1.54) is 0 Å². The fourth-order valence-corrected chi connectivity index (χ4v) is 4.57. The van der Waals surface area contributed by atoms with Crippen molar-refractivity contribution < 1.29 is 30.7 Å². The number of pyridine rings is 1. The van der Waals surface area contributed by atoms with Crippen molar-refractivity contribution in [2.75, 3.05) is 10.6 Å². The molecule has 6 nitrogen and oxygen atoms in total. The van der Waals surface area contributed by atoms with Gasteiger partial charge in [0.05, 0.1) is 5.56 Å². The number of anilines is 2. The monoisotopic (exact) mass is 492 g/mol. The van der Waals surface area contributed by atoms with E-state index in [0.29, 0.717) is 0 Å². The molecule has 2 aliphatic rings. The highest BCUT2D eigenvalue weighted by molar-refractivity contribution is 5.55. The van der Waals surface area contributed by atoms with Crippen LogP contribution in [0.15, 0.2) is 18.3 Å². The SMILES string of the molecule is Nc1nc(-c2cc(C(F)(F)F)ccn2)nc(N(C2CCC(F)(F)CC2)C2CCC(F)(F)CC2)n1. The summed E-state index contributed by atoms with van der Waals surface area (Å²) in [7, 11) is 0. The van der Waals surface area contributed by atoms with Crippen LogP contribution in [-0.4, -0.2) is 43.9 Å². The number of rotatable bonds is 4. The van der Waals surface area contributed by atoms with Gasteiger partial charge in [0.25, 0.3) is 0 Å². The predicted octanol–water partition coefficient (Wildman–Crippen LogP) is 5.50. The predicted molar refractivity (Wildman–Crippen MR) is 109 cm³/mol. The van der Waals surface area contributed by atoms with Gasteiger partial charge in [-0.3, -0.25) is 4.98 Å². The molecular weight excluding hydrogens is 469 g/mol. The van der Waals surface area contributed by atoms with Gasteiger partial charge >= 0.3 is 6.18 Å². The van der Waals surface area contributed by atoms with Crippen LogP contribution in [-0.2, 0) is 6.18 Å². The largest absolute Gasteiger partial charge is 0.416 e. The number of hydrogen-bond donors (Lipinski definition) is 1. The molecule has 0 radical (unpaired) electrons. The van der Waals surface area contributed by atoms with Crippen LogP contribution < -0.4 is 10.6 Å². The highest BCUT2D eigenvalue weighted by Gasteiger charge is 2.43. The van der Waals surface area contributed by atoms with Crippen LogP contribution >= 0.6 is 0 Å². The van der Waals surface area contributed by atoms with Gasteiger partial charge in [-0.05, 0) is 37.8 Å². The second kappa shape index (κ2) is 8.81. The molecule has 0 atom stereocenters. The van der Waals surface area contributed by atoms with Gasteiger partial charge in [-0.25, -0.2) is 17.6 Å². The normalized spacial score (nSPS) is 21.4. The molecule has 0 unspecified atom stereocenters. The summed E-state index contributed by atoms with van der Waals surface area (Å²) in [5.74, 6) is -6.18. The number of halogens is 7. The Kier molecular flexibility index (Phi) is 6.32. The average Bonchev–Trinajstić information content (AvgIpc) is 2.75. The molecule has 4 rings (SSSR count). The molecule has 0 aliphatic heterocycles. The molecule has 186 valence electrons. The van der Waals surface area contributed by atoms with Crippen LogP contribution in [0.25, 0.3) is 11.5 Å². The second-order valence-electron chi connectivity index (χ2n) is 8.83. The number of nitrogens with zero attached hydrogens (tertiary/aromatic N) is 5. The quantitative estimate of drug-likeness (QED) is 0.568. The van der Waals surface area contributed by atoms with Gasteiger partial charge < -0.3 is 10.6 Å². The molecule has 2 fully saturated rings. The molecule has 0 amide bonds. The van der Waals surface area contributed by atoms with Crippen LogP contribution in [0.5, 0.6) is 0 Å². The number of alkyl halides is 7. The van der Waals surface area contributed by atoms with Crippen LogP contribution in [0.3, 0.4) is 0 Å². The van der Waals surface area contributed by atoms with Crippen molar-refractivity contribution >= 4 is 11.9 Å². The van der Waals surface area contributed by atoms with Crippen molar-refractivity contribution in [3.8, 4) is 11.5 Å². The maximum absolute atomic E-state index is 13.8. The fourth-order valence-electron chi connectivity index (χ4n) is 4.57. The third kappa shape index (κ3) is 5.49. The number of nitrogens with two attached hydrogens (primary N) is 1. The Morgan fingerprint density at radius 1 is 0.853 bits per heavy atom. The minimum absolute atomic E-state index is 0.0351. The summed E-state index contributed by atoms with van der Waals surface area (Å²) in [6.45, 7) is 0. The summed E-state index contributed by atoms with van der Waals surface area (Å²) < 4.78 is 94.6. The van der Waals surface area contributed by atoms with Crippen molar-refractivity contribution in [3.05, 3.63) is 23.9 Å². The van der Waals surface area contributed by atoms with Crippen molar-refractivity contribution in [1.82, 2.24) is 19.9 Å². The summed E-state index contributed by atoms with van der Waals surface area (Å²) in [4.78, 5) is 17.8. The van der Waals surface area contributed by atoms with Crippen LogP contribution in [0.2, 0.25) is 0 Å². The maximum atomic E-state index is 13.8. The zero-order valence-corrected chi connectivity index (χ0v) is 18.0. The minimum Gasteiger partial charge on any atom is -0.368 e. The lowest BCUT2D eigenvalue weighted by Gasteiger charge is -2.43. The third-order valence-electron chi connectivity index (χ3n) is 6.35. The highest BCUT2D eigenvalue weighted by atomic mass is 19.4. The summed E-state index contributed by atoms with van der Waals surface area (Å²) in [5.41, 5.74) is 4.67. The van der Waals surface area contributed by atoms with Crippen molar-refractivity contribution in [3.63, 3.8) is 0 Å². The van der Waals surface area contributed by atoms with E-state index in [1.807, 2.05) is 0 Å². The fraction of sp³-hybridized carbons (Fsp3) is 0.619. The van der Waals surface area contributed by atoms with E-state index in [-0.39, 0.29) is 74.8 Å². The molecule has 2 aromatic heterocycles. The molecule has 2 aliphatic carbocycles. The molecule has 0 aromatic carbocycles. The van der Waals surface area contributed by atoms with Gasteiger partial charge in [0.15, 0.2) is 5.82 Å². The van der Waals surface area contributed by atoms with E-state index in [2.05, 4.69) is 19.9 Å². The first kappa shape index (κ1) is 24.4. The summed E-state index contributed by atoms with van der Waals surface area (Å²) in [6, 6.07) is 0.651. The Morgan fingerprint density at radius 3 is 1.88 bits per heavy atom. The zero-order chi connectivity index (χ0) is 24.7. The van der Waals surface area contributed by atoms with Crippen LogP contribution in [0.1, 0.15) is 56.9 Å². The van der Waals surface area contributed by atoms with Crippen LogP contribution in [0, 0.1) is 0 Å². The van der Waals surface area contributed by atoms with Crippen LogP contribution in [0.4, 0.5) is 42.6 Å². The first-order chi connectivity index (χ1) is 15.8. The van der Waals surface area contributed by atoms with Crippen molar-refractivity contribution in [2.45, 2.75) is 81.5 Å². The molecule has 34 heavy (non-hydrogen) atoms. The van der Waals surface area contributed by atoms with Gasteiger partial charge in [0.2, 0.25) is 23.7 Å². The molecule has 2 saturated carbocycles. The lowest BCUT2D eigenvalue weighted by atomic mass is 9.86. The van der Waals surface area contributed by atoms with E-state index in [9.17, 15) is 30.7 Å². The zero-order valence-electron chi connectivity index (χ0n) is 18.0. The highest BCUT2D eigenvalue weighted by Crippen LogP contribution is 2.41. The molecule has 0 bridgehead atoms. The number of hydrogen-bond acceptors (Lipinski definition) is 6. The Labute approximate surface area is 190 Å². The molecular formula is C21H23F7N6. The lowest BCUT2D eigenvalue weighted by molar-refractivity contribution is -0.137. The Hall–Kier alpha value is -2.73. The van der Waals surface area contributed by atoms with E-state index >= 15 is 0 Å². The summed E-state index contributed by atoms with van der Waals surface area (Å²) in [5, 5.41) is 0. The van der Waals surface area contributed by atoms with Crippen molar-refractivity contribution in [1.29, 1.82) is 0 Å². The summed E-state index contributed by atoms with van der Waals surface area (Å²) >= 11 is 0. The number of aromatic nitrogens is 4. The Balaban J connectivity index is 1.71.